The molecule has 1 aliphatic rings. The summed E-state index contributed by atoms with van der Waals surface area (Å²) in [6, 6.07) is 9.20. The quantitative estimate of drug-likeness (QED) is 0.846. The summed E-state index contributed by atoms with van der Waals surface area (Å²) in [6.07, 6.45) is 6.08. The van der Waals surface area contributed by atoms with Gasteiger partial charge in [0.2, 0.25) is 0 Å². The average Bonchev–Trinajstić information content (AvgIpc) is 2.62. The van der Waals surface area contributed by atoms with Crippen molar-refractivity contribution < 1.29 is 4.79 Å². The maximum Gasteiger partial charge on any atom is 0.267 e. The van der Waals surface area contributed by atoms with Crippen molar-refractivity contribution in [1.82, 2.24) is 15.1 Å². The number of thioether (sulfide) groups is 1. The van der Waals surface area contributed by atoms with Crippen LogP contribution in [0.15, 0.2) is 40.0 Å². The second-order valence-electron chi connectivity index (χ2n) is 5.84. The highest BCUT2D eigenvalue weighted by Gasteiger charge is 2.14. The Morgan fingerprint density at radius 1 is 1.29 bits per heavy atom. The van der Waals surface area contributed by atoms with Crippen LogP contribution in [-0.2, 0) is 19.4 Å². The van der Waals surface area contributed by atoms with Gasteiger partial charge in [-0.3, -0.25) is 9.59 Å². The standard InChI is InChI=1S/C18H21N3O2S/c1-24-16-9-5-3-7-14(16)18(23)19-10-11-21-17(22)12-13-6-2-4-8-15(13)20-21/h3,5,7,9,12H,2,4,6,8,10-11H2,1H3,(H,19,23). The molecule has 24 heavy (non-hydrogen) atoms. The zero-order valence-corrected chi connectivity index (χ0v) is 14.6. The monoisotopic (exact) mass is 343 g/mol. The first kappa shape index (κ1) is 16.8. The summed E-state index contributed by atoms with van der Waals surface area (Å²) < 4.78 is 1.46. The highest BCUT2D eigenvalue weighted by Crippen LogP contribution is 2.19. The third kappa shape index (κ3) is 3.70. The van der Waals surface area contributed by atoms with Crippen LogP contribution in [0.1, 0.15) is 34.5 Å². The van der Waals surface area contributed by atoms with Crippen molar-refractivity contribution in [3.63, 3.8) is 0 Å². The third-order valence-corrected chi connectivity index (χ3v) is 5.03. The van der Waals surface area contributed by atoms with E-state index in [0.717, 1.165) is 41.8 Å². The topological polar surface area (TPSA) is 64.0 Å². The Bertz CT molecular complexity index is 801. The van der Waals surface area contributed by atoms with Gasteiger partial charge in [-0.05, 0) is 49.6 Å². The Hall–Kier alpha value is -2.08. The first-order chi connectivity index (χ1) is 11.7. The second kappa shape index (κ2) is 7.66. The number of hydrogen-bond acceptors (Lipinski definition) is 4. The number of carbonyl (C=O) groups is 1. The number of nitrogens with one attached hydrogen (secondary N) is 1. The Kier molecular flexibility index (Phi) is 5.35. The van der Waals surface area contributed by atoms with Crippen LogP contribution in [-0.4, -0.2) is 28.5 Å². The summed E-state index contributed by atoms with van der Waals surface area (Å²) in [5.41, 5.74) is 2.69. The van der Waals surface area contributed by atoms with Gasteiger partial charge in [-0.25, -0.2) is 4.68 Å². The van der Waals surface area contributed by atoms with Crippen molar-refractivity contribution in [3.8, 4) is 0 Å². The average molecular weight is 343 g/mol. The summed E-state index contributed by atoms with van der Waals surface area (Å²) in [5.74, 6) is -0.119. The lowest BCUT2D eigenvalue weighted by atomic mass is 9.97. The molecule has 1 aromatic heterocycles. The van der Waals surface area contributed by atoms with E-state index in [1.165, 1.54) is 4.68 Å². The van der Waals surface area contributed by atoms with Crippen LogP contribution in [0.2, 0.25) is 0 Å². The molecule has 1 amide bonds. The van der Waals surface area contributed by atoms with E-state index in [2.05, 4.69) is 10.4 Å². The third-order valence-electron chi connectivity index (χ3n) is 4.23. The van der Waals surface area contributed by atoms with Crippen molar-refractivity contribution in [2.24, 2.45) is 0 Å². The van der Waals surface area contributed by atoms with Gasteiger partial charge in [0, 0.05) is 17.5 Å². The molecule has 0 aliphatic heterocycles. The molecule has 0 fully saturated rings. The van der Waals surface area contributed by atoms with E-state index in [-0.39, 0.29) is 11.5 Å². The smallest absolute Gasteiger partial charge is 0.267 e. The van der Waals surface area contributed by atoms with Crippen molar-refractivity contribution in [3.05, 3.63) is 57.5 Å². The fourth-order valence-electron chi connectivity index (χ4n) is 2.96. The van der Waals surface area contributed by atoms with Crippen molar-refractivity contribution in [1.29, 1.82) is 0 Å². The number of nitrogens with zero attached hydrogens (tertiary/aromatic N) is 2. The van der Waals surface area contributed by atoms with Crippen LogP contribution in [0.3, 0.4) is 0 Å². The molecule has 0 bridgehead atoms. The molecule has 0 unspecified atom stereocenters. The maximum absolute atomic E-state index is 12.3. The lowest BCUT2D eigenvalue weighted by molar-refractivity contribution is 0.0949. The molecule has 0 spiro atoms. The normalized spacial score (nSPS) is 13.4. The Balaban J connectivity index is 1.64. The van der Waals surface area contributed by atoms with Gasteiger partial charge >= 0.3 is 0 Å². The minimum Gasteiger partial charge on any atom is -0.350 e. The molecule has 5 nitrogen and oxygen atoms in total. The van der Waals surface area contributed by atoms with Crippen molar-refractivity contribution >= 4 is 17.7 Å². The summed E-state index contributed by atoms with van der Waals surface area (Å²) in [6.45, 7) is 0.770. The predicted octanol–water partition coefficient (Wildman–Crippen LogP) is 2.27. The SMILES string of the molecule is CSc1ccccc1C(=O)NCCn1nc2c(cc1=O)CCCC2. The number of aromatic nitrogens is 2. The molecule has 126 valence electrons. The number of benzene rings is 1. The van der Waals surface area contributed by atoms with Crippen LogP contribution < -0.4 is 10.9 Å². The summed E-state index contributed by atoms with van der Waals surface area (Å²) in [7, 11) is 0. The number of carbonyl (C=O) groups excluding carboxylic acids is 1. The number of aryl methyl sites for hydroxylation is 2. The first-order valence-corrected chi connectivity index (χ1v) is 9.42. The number of hydrogen-bond donors (Lipinski definition) is 1. The zero-order chi connectivity index (χ0) is 16.9. The fourth-order valence-corrected chi connectivity index (χ4v) is 3.56. The van der Waals surface area contributed by atoms with E-state index >= 15 is 0 Å². The van der Waals surface area contributed by atoms with E-state index in [1.807, 2.05) is 30.5 Å². The van der Waals surface area contributed by atoms with Crippen LogP contribution in [0.4, 0.5) is 0 Å². The number of rotatable bonds is 5. The molecular formula is C18H21N3O2S. The molecule has 1 heterocycles. The lowest BCUT2D eigenvalue weighted by Crippen LogP contribution is -2.33. The van der Waals surface area contributed by atoms with E-state index in [4.69, 9.17) is 0 Å². The minimum absolute atomic E-state index is 0.0885. The Labute approximate surface area is 145 Å². The first-order valence-electron chi connectivity index (χ1n) is 8.20. The van der Waals surface area contributed by atoms with E-state index in [1.54, 1.807) is 17.8 Å². The van der Waals surface area contributed by atoms with Crippen molar-refractivity contribution in [2.45, 2.75) is 37.1 Å². The number of amides is 1. The molecule has 0 atom stereocenters. The highest BCUT2D eigenvalue weighted by molar-refractivity contribution is 7.98. The summed E-state index contributed by atoms with van der Waals surface area (Å²) in [4.78, 5) is 25.4. The minimum atomic E-state index is -0.119. The number of fused-ring (bicyclic) bond motifs is 1. The zero-order valence-electron chi connectivity index (χ0n) is 13.7. The van der Waals surface area contributed by atoms with Gasteiger partial charge in [-0.2, -0.15) is 5.10 Å². The van der Waals surface area contributed by atoms with E-state index in [0.29, 0.717) is 18.7 Å². The molecule has 1 N–H and O–H groups in total. The molecule has 0 saturated heterocycles. The summed E-state index contributed by atoms with van der Waals surface area (Å²) >= 11 is 1.54. The molecule has 1 aliphatic carbocycles. The Morgan fingerprint density at radius 3 is 2.92 bits per heavy atom. The highest BCUT2D eigenvalue weighted by atomic mass is 32.2. The lowest BCUT2D eigenvalue weighted by Gasteiger charge is -2.16. The van der Waals surface area contributed by atoms with Gasteiger partial charge in [-0.1, -0.05) is 12.1 Å². The molecule has 2 aromatic rings. The second-order valence-corrected chi connectivity index (χ2v) is 6.69. The molecule has 3 rings (SSSR count). The van der Waals surface area contributed by atoms with Gasteiger partial charge in [-0.15, -0.1) is 11.8 Å². The van der Waals surface area contributed by atoms with Crippen LogP contribution in [0.25, 0.3) is 0 Å². The van der Waals surface area contributed by atoms with Gasteiger partial charge in [0.15, 0.2) is 0 Å². The van der Waals surface area contributed by atoms with Crippen molar-refractivity contribution in [2.75, 3.05) is 12.8 Å². The largest absolute Gasteiger partial charge is 0.350 e. The fraction of sp³-hybridized carbons (Fsp3) is 0.389. The molecule has 6 heteroatoms. The Morgan fingerprint density at radius 2 is 2.08 bits per heavy atom. The van der Waals surface area contributed by atoms with Gasteiger partial charge in [0.05, 0.1) is 17.8 Å². The summed E-state index contributed by atoms with van der Waals surface area (Å²) in [5, 5.41) is 7.34. The molecule has 1 aromatic carbocycles. The predicted molar refractivity (Wildman–Crippen MR) is 95.7 cm³/mol. The van der Waals surface area contributed by atoms with Gasteiger partial charge < -0.3 is 5.32 Å². The van der Waals surface area contributed by atoms with E-state index in [9.17, 15) is 9.59 Å². The van der Waals surface area contributed by atoms with Crippen LogP contribution in [0.5, 0.6) is 0 Å². The van der Waals surface area contributed by atoms with Gasteiger partial charge in [0.25, 0.3) is 11.5 Å². The van der Waals surface area contributed by atoms with E-state index < -0.39 is 0 Å². The van der Waals surface area contributed by atoms with Gasteiger partial charge in [0.1, 0.15) is 0 Å². The molecule has 0 radical (unpaired) electrons. The van der Waals surface area contributed by atoms with Crippen LogP contribution in [0, 0.1) is 0 Å². The van der Waals surface area contributed by atoms with Crippen LogP contribution >= 0.6 is 11.8 Å². The maximum atomic E-state index is 12.3. The molecular weight excluding hydrogens is 322 g/mol. The molecule has 0 saturated carbocycles.